The van der Waals surface area contributed by atoms with Gasteiger partial charge in [0.05, 0.1) is 25.9 Å². The molecule has 0 spiro atoms. The van der Waals surface area contributed by atoms with E-state index in [1.54, 1.807) is 0 Å². The van der Waals surface area contributed by atoms with Crippen molar-refractivity contribution >= 4 is 10.1 Å². The largest absolute Gasteiger partial charge is 0.319 e. The molecular weight excluding hydrogens is 418 g/mol. The molecule has 1 atom stereocenters. The van der Waals surface area contributed by atoms with Gasteiger partial charge in [-0.2, -0.15) is 8.42 Å². The maximum Gasteiger partial charge on any atom is 0.264 e. The first-order valence-corrected chi connectivity index (χ1v) is 13.4. The normalized spacial score (nSPS) is 15.5. The highest BCUT2D eigenvalue weighted by atomic mass is 32.2. The maximum absolute atomic E-state index is 11.0. The summed E-state index contributed by atoms with van der Waals surface area (Å²) >= 11 is 0. The Morgan fingerprint density at radius 1 is 1.06 bits per heavy atom. The SMILES string of the molecule is C/C(=C\CC/C(C)=C/C[N+](C)(CCCCS(=O)(=O)O)Cc1ccccc1)C/C=C/C(C)C. The molecule has 5 heteroatoms. The minimum Gasteiger partial charge on any atom is -0.319 e. The van der Waals surface area contributed by atoms with Gasteiger partial charge in [0, 0.05) is 5.56 Å². The van der Waals surface area contributed by atoms with Gasteiger partial charge in [-0.1, -0.05) is 73.6 Å². The van der Waals surface area contributed by atoms with Crippen LogP contribution in [0.1, 0.15) is 65.4 Å². The Balaban J connectivity index is 2.66. The van der Waals surface area contributed by atoms with Crippen LogP contribution in [-0.2, 0) is 16.7 Å². The molecule has 1 N–H and O–H groups in total. The lowest BCUT2D eigenvalue weighted by Crippen LogP contribution is -2.44. The summed E-state index contributed by atoms with van der Waals surface area (Å²) in [6, 6.07) is 10.4. The molecule has 0 aliphatic heterocycles. The summed E-state index contributed by atoms with van der Waals surface area (Å²) in [6.45, 7) is 11.5. The number of quaternary nitrogens is 1. The van der Waals surface area contributed by atoms with E-state index < -0.39 is 10.1 Å². The number of rotatable bonds is 15. The van der Waals surface area contributed by atoms with E-state index in [0.29, 0.717) is 12.3 Å². The summed E-state index contributed by atoms with van der Waals surface area (Å²) in [4.78, 5) is 0. The quantitative estimate of drug-likeness (QED) is 0.139. The van der Waals surface area contributed by atoms with Gasteiger partial charge in [0.25, 0.3) is 10.1 Å². The predicted molar refractivity (Wildman–Crippen MR) is 137 cm³/mol. The van der Waals surface area contributed by atoms with Crippen molar-refractivity contribution in [2.75, 3.05) is 25.9 Å². The third-order valence-corrected chi connectivity index (χ3v) is 6.43. The molecule has 180 valence electrons. The van der Waals surface area contributed by atoms with Crippen molar-refractivity contribution in [2.45, 2.75) is 66.3 Å². The molecule has 0 saturated carbocycles. The molecule has 32 heavy (non-hydrogen) atoms. The van der Waals surface area contributed by atoms with Crippen LogP contribution >= 0.6 is 0 Å². The monoisotopic (exact) mass is 462 g/mol. The first-order chi connectivity index (χ1) is 15.0. The van der Waals surface area contributed by atoms with Crippen LogP contribution in [0.5, 0.6) is 0 Å². The highest BCUT2D eigenvalue weighted by Gasteiger charge is 2.21. The van der Waals surface area contributed by atoms with Crippen LogP contribution in [0.25, 0.3) is 0 Å². The average Bonchev–Trinajstić information content (AvgIpc) is 2.70. The number of allylic oxidation sites excluding steroid dienone is 5. The van der Waals surface area contributed by atoms with Crippen LogP contribution in [-0.4, -0.2) is 43.3 Å². The van der Waals surface area contributed by atoms with E-state index in [2.05, 4.69) is 83.3 Å². The van der Waals surface area contributed by atoms with E-state index in [9.17, 15) is 8.42 Å². The maximum atomic E-state index is 11.0. The summed E-state index contributed by atoms with van der Waals surface area (Å²) in [5, 5.41) is 0. The van der Waals surface area contributed by atoms with Crippen LogP contribution < -0.4 is 0 Å². The van der Waals surface area contributed by atoms with Crippen LogP contribution in [0.4, 0.5) is 0 Å². The predicted octanol–water partition coefficient (Wildman–Crippen LogP) is 6.58. The Labute approximate surface area is 197 Å². The van der Waals surface area contributed by atoms with Gasteiger partial charge in [0.1, 0.15) is 6.54 Å². The van der Waals surface area contributed by atoms with Gasteiger partial charge in [-0.3, -0.25) is 4.55 Å². The third kappa shape index (κ3) is 14.4. The van der Waals surface area contributed by atoms with Crippen LogP contribution in [0.15, 0.2) is 65.8 Å². The van der Waals surface area contributed by atoms with Gasteiger partial charge in [-0.15, -0.1) is 0 Å². The summed E-state index contributed by atoms with van der Waals surface area (Å²) < 4.78 is 31.9. The number of benzene rings is 1. The fraction of sp³-hybridized carbons (Fsp3) is 0.556. The summed E-state index contributed by atoms with van der Waals surface area (Å²) in [5.41, 5.74) is 4.09. The first-order valence-electron chi connectivity index (χ1n) is 11.8. The Bertz CT molecular complexity index is 854. The fourth-order valence-electron chi connectivity index (χ4n) is 3.67. The molecule has 0 bridgehead atoms. The zero-order chi connectivity index (χ0) is 24.0. The lowest BCUT2D eigenvalue weighted by atomic mass is 10.1. The van der Waals surface area contributed by atoms with Gasteiger partial charge in [-0.05, 0) is 57.9 Å². The van der Waals surface area contributed by atoms with E-state index in [0.717, 1.165) is 49.8 Å². The minimum absolute atomic E-state index is 0.161. The van der Waals surface area contributed by atoms with Crippen molar-refractivity contribution < 1.29 is 17.5 Å². The molecule has 0 saturated heterocycles. The molecule has 1 rings (SSSR count). The van der Waals surface area contributed by atoms with Gasteiger partial charge < -0.3 is 4.48 Å². The topological polar surface area (TPSA) is 54.4 Å². The Morgan fingerprint density at radius 3 is 2.38 bits per heavy atom. The van der Waals surface area contributed by atoms with Crippen molar-refractivity contribution in [3.05, 3.63) is 71.3 Å². The first kappa shape index (κ1) is 28.3. The standard InChI is InChI=1S/C27H43NO3S/c1-24(2)13-11-14-25(3)15-12-16-26(4)19-21-28(5,20-9-10-22-32(29,30)31)23-27-17-7-6-8-18-27/h6-8,11,13,15,17-19,24H,9-10,12,14,16,20-23H2,1-5H3/p+1/b13-11+,25-15+,26-19+. The van der Waals surface area contributed by atoms with Crippen LogP contribution in [0.2, 0.25) is 0 Å². The molecule has 0 radical (unpaired) electrons. The molecule has 0 amide bonds. The molecular formula is C27H44NO3S+. The summed E-state index contributed by atoms with van der Waals surface area (Å²) in [6.07, 6.45) is 13.6. The lowest BCUT2D eigenvalue weighted by Gasteiger charge is -2.34. The number of likely N-dealkylation sites (N-methyl/N-ethyl adjacent to an activating group) is 1. The minimum atomic E-state index is -3.88. The summed E-state index contributed by atoms with van der Waals surface area (Å²) in [7, 11) is -1.65. The van der Waals surface area contributed by atoms with Crippen molar-refractivity contribution in [3.63, 3.8) is 0 Å². The van der Waals surface area contributed by atoms with E-state index in [1.807, 2.05) is 6.07 Å². The highest BCUT2D eigenvalue weighted by molar-refractivity contribution is 7.85. The van der Waals surface area contributed by atoms with Gasteiger partial charge in [-0.25, -0.2) is 0 Å². The van der Waals surface area contributed by atoms with Gasteiger partial charge in [0.2, 0.25) is 0 Å². The molecule has 0 heterocycles. The fourth-order valence-corrected chi connectivity index (χ4v) is 4.24. The Hall–Kier alpha value is -1.69. The molecule has 1 aromatic carbocycles. The van der Waals surface area contributed by atoms with E-state index in [-0.39, 0.29) is 5.75 Å². The number of unbranched alkanes of at least 4 members (excludes halogenated alkanes) is 1. The van der Waals surface area contributed by atoms with Crippen molar-refractivity contribution in [2.24, 2.45) is 5.92 Å². The van der Waals surface area contributed by atoms with Crippen molar-refractivity contribution in [3.8, 4) is 0 Å². The third-order valence-electron chi connectivity index (χ3n) is 5.63. The molecule has 1 unspecified atom stereocenters. The smallest absolute Gasteiger partial charge is 0.264 e. The van der Waals surface area contributed by atoms with Crippen LogP contribution in [0, 0.1) is 5.92 Å². The molecule has 1 aromatic rings. The molecule has 4 nitrogen and oxygen atoms in total. The zero-order valence-electron chi connectivity index (χ0n) is 20.8. The van der Waals surface area contributed by atoms with Crippen LogP contribution in [0.3, 0.4) is 0 Å². The molecule has 0 fully saturated rings. The lowest BCUT2D eigenvalue weighted by molar-refractivity contribution is -0.917. The van der Waals surface area contributed by atoms with E-state index in [1.165, 1.54) is 16.7 Å². The average molecular weight is 463 g/mol. The zero-order valence-corrected chi connectivity index (χ0v) is 21.6. The van der Waals surface area contributed by atoms with E-state index >= 15 is 0 Å². The number of hydrogen-bond acceptors (Lipinski definition) is 2. The number of nitrogens with zero attached hydrogens (tertiary/aromatic N) is 1. The number of hydrogen-bond donors (Lipinski definition) is 1. The molecule has 0 aliphatic rings. The Morgan fingerprint density at radius 2 is 1.75 bits per heavy atom. The van der Waals surface area contributed by atoms with Gasteiger partial charge >= 0.3 is 0 Å². The second-order valence-corrected chi connectivity index (χ2v) is 11.3. The van der Waals surface area contributed by atoms with Crippen molar-refractivity contribution in [1.82, 2.24) is 0 Å². The van der Waals surface area contributed by atoms with Gasteiger partial charge in [0.15, 0.2) is 0 Å². The molecule has 0 aliphatic carbocycles. The van der Waals surface area contributed by atoms with Crippen molar-refractivity contribution in [1.29, 1.82) is 0 Å². The summed E-state index contributed by atoms with van der Waals surface area (Å²) in [5.74, 6) is 0.440. The molecule has 0 aromatic heterocycles. The Kier molecular flexibility index (Phi) is 12.8. The highest BCUT2D eigenvalue weighted by Crippen LogP contribution is 2.16. The van der Waals surface area contributed by atoms with E-state index in [4.69, 9.17) is 4.55 Å². The second-order valence-electron chi connectivity index (χ2n) is 9.68. The second kappa shape index (κ2) is 14.5.